The van der Waals surface area contributed by atoms with Crippen molar-refractivity contribution in [1.82, 2.24) is 0 Å². The summed E-state index contributed by atoms with van der Waals surface area (Å²) >= 11 is 3.46. The average molecular weight is 353 g/mol. The number of benzene rings is 1. The molecule has 0 heterocycles. The standard InChI is InChI=1S/C14H22BrNO2.ClH/c1-4-5-6-7-11(16)10-8-12(17-2)14(15)13(9-10)18-3;/h8-9,11H,4-7,16H2,1-3H3;1H/t11-;/m0./s1. The molecule has 110 valence electrons. The lowest BCUT2D eigenvalue weighted by Gasteiger charge is -2.16. The Bertz CT molecular complexity index is 363. The van der Waals surface area contributed by atoms with Crippen LogP contribution >= 0.6 is 28.3 Å². The van der Waals surface area contributed by atoms with Crippen LogP contribution in [0.2, 0.25) is 0 Å². The molecule has 0 aliphatic heterocycles. The summed E-state index contributed by atoms with van der Waals surface area (Å²) in [5.41, 5.74) is 7.26. The van der Waals surface area contributed by atoms with Crippen molar-refractivity contribution < 1.29 is 9.47 Å². The molecule has 0 saturated carbocycles. The van der Waals surface area contributed by atoms with Crippen molar-refractivity contribution in [3.8, 4) is 11.5 Å². The maximum Gasteiger partial charge on any atom is 0.137 e. The van der Waals surface area contributed by atoms with Gasteiger partial charge >= 0.3 is 0 Å². The van der Waals surface area contributed by atoms with Crippen LogP contribution in [0, 0.1) is 0 Å². The molecule has 3 nitrogen and oxygen atoms in total. The number of hydrogen-bond donors (Lipinski definition) is 1. The second-order valence-corrected chi connectivity index (χ2v) is 5.13. The maximum absolute atomic E-state index is 6.21. The Morgan fingerprint density at radius 1 is 1.16 bits per heavy atom. The van der Waals surface area contributed by atoms with E-state index in [4.69, 9.17) is 15.2 Å². The first-order valence-electron chi connectivity index (χ1n) is 6.31. The van der Waals surface area contributed by atoms with Crippen molar-refractivity contribution in [3.05, 3.63) is 22.2 Å². The van der Waals surface area contributed by atoms with Gasteiger partial charge in [-0.1, -0.05) is 26.2 Å². The van der Waals surface area contributed by atoms with E-state index in [1.165, 1.54) is 12.8 Å². The summed E-state index contributed by atoms with van der Waals surface area (Å²) in [5, 5.41) is 0. The van der Waals surface area contributed by atoms with E-state index in [1.807, 2.05) is 12.1 Å². The third-order valence-electron chi connectivity index (χ3n) is 3.01. The largest absolute Gasteiger partial charge is 0.495 e. The zero-order chi connectivity index (χ0) is 13.5. The summed E-state index contributed by atoms with van der Waals surface area (Å²) in [4.78, 5) is 0. The molecule has 1 rings (SSSR count). The Balaban J connectivity index is 0.00000324. The van der Waals surface area contributed by atoms with Crippen molar-refractivity contribution in [1.29, 1.82) is 0 Å². The van der Waals surface area contributed by atoms with Gasteiger partial charge in [0.1, 0.15) is 16.0 Å². The van der Waals surface area contributed by atoms with Gasteiger partial charge in [0.2, 0.25) is 0 Å². The van der Waals surface area contributed by atoms with Crippen molar-refractivity contribution in [2.75, 3.05) is 14.2 Å². The smallest absolute Gasteiger partial charge is 0.137 e. The van der Waals surface area contributed by atoms with Gasteiger partial charge in [-0.3, -0.25) is 0 Å². The van der Waals surface area contributed by atoms with E-state index in [0.717, 1.165) is 34.4 Å². The zero-order valence-corrected chi connectivity index (χ0v) is 14.1. The Morgan fingerprint density at radius 2 is 1.68 bits per heavy atom. The summed E-state index contributed by atoms with van der Waals surface area (Å²) in [5.74, 6) is 1.52. The molecule has 1 aromatic carbocycles. The predicted octanol–water partition coefficient (Wildman–Crippen LogP) is 4.47. The highest BCUT2D eigenvalue weighted by molar-refractivity contribution is 9.10. The normalized spacial score (nSPS) is 11.6. The van der Waals surface area contributed by atoms with Gasteiger partial charge in [0, 0.05) is 6.04 Å². The minimum absolute atomic E-state index is 0. The van der Waals surface area contributed by atoms with Gasteiger partial charge in [0.15, 0.2) is 0 Å². The number of unbranched alkanes of at least 4 members (excludes halogenated alkanes) is 2. The minimum Gasteiger partial charge on any atom is -0.495 e. The van der Waals surface area contributed by atoms with Crippen LogP contribution in [0.3, 0.4) is 0 Å². The van der Waals surface area contributed by atoms with E-state index in [0.29, 0.717) is 0 Å². The fourth-order valence-corrected chi connectivity index (χ4v) is 2.44. The number of halogens is 2. The SMILES string of the molecule is CCCCC[C@H](N)c1cc(OC)c(Br)c(OC)c1.Cl. The number of hydrogen-bond acceptors (Lipinski definition) is 3. The van der Waals surface area contributed by atoms with E-state index in [2.05, 4.69) is 22.9 Å². The highest BCUT2D eigenvalue weighted by atomic mass is 79.9. The van der Waals surface area contributed by atoms with Crippen molar-refractivity contribution >= 4 is 28.3 Å². The molecule has 0 spiro atoms. The second-order valence-electron chi connectivity index (χ2n) is 4.34. The second kappa shape index (κ2) is 9.45. The highest BCUT2D eigenvalue weighted by Gasteiger charge is 2.14. The maximum atomic E-state index is 6.21. The number of nitrogens with two attached hydrogens (primary N) is 1. The quantitative estimate of drug-likeness (QED) is 0.736. The molecule has 0 unspecified atom stereocenters. The van der Waals surface area contributed by atoms with E-state index < -0.39 is 0 Å². The summed E-state index contributed by atoms with van der Waals surface area (Å²) in [6.07, 6.45) is 4.57. The number of methoxy groups -OCH3 is 2. The van der Waals surface area contributed by atoms with E-state index in [-0.39, 0.29) is 18.4 Å². The number of rotatable bonds is 7. The monoisotopic (exact) mass is 351 g/mol. The molecule has 0 aliphatic rings. The summed E-state index contributed by atoms with van der Waals surface area (Å²) in [7, 11) is 3.29. The van der Waals surface area contributed by atoms with E-state index in [1.54, 1.807) is 14.2 Å². The van der Waals surface area contributed by atoms with Crippen LogP contribution in [0.5, 0.6) is 11.5 Å². The van der Waals surface area contributed by atoms with E-state index >= 15 is 0 Å². The molecule has 0 aliphatic carbocycles. The van der Waals surface area contributed by atoms with Gasteiger partial charge in [0.25, 0.3) is 0 Å². The van der Waals surface area contributed by atoms with Crippen LogP contribution in [0.1, 0.15) is 44.2 Å². The summed E-state index contributed by atoms with van der Waals surface area (Å²) < 4.78 is 11.5. The van der Waals surface area contributed by atoms with Gasteiger partial charge in [-0.2, -0.15) is 0 Å². The first-order chi connectivity index (χ1) is 8.63. The molecular weight excluding hydrogens is 330 g/mol. The fourth-order valence-electron chi connectivity index (χ4n) is 1.88. The van der Waals surface area contributed by atoms with Gasteiger partial charge < -0.3 is 15.2 Å². The molecule has 0 radical (unpaired) electrons. The molecule has 19 heavy (non-hydrogen) atoms. The lowest BCUT2D eigenvalue weighted by molar-refractivity contribution is 0.387. The molecule has 5 heteroatoms. The van der Waals surface area contributed by atoms with Gasteiger partial charge in [-0.25, -0.2) is 0 Å². The predicted molar refractivity (Wildman–Crippen MR) is 85.6 cm³/mol. The minimum atomic E-state index is 0. The average Bonchev–Trinajstić information content (AvgIpc) is 2.39. The molecule has 0 bridgehead atoms. The third-order valence-corrected chi connectivity index (χ3v) is 3.80. The van der Waals surface area contributed by atoms with Crippen molar-refractivity contribution in [3.63, 3.8) is 0 Å². The molecule has 0 aromatic heterocycles. The van der Waals surface area contributed by atoms with Crippen LogP contribution in [0.4, 0.5) is 0 Å². The topological polar surface area (TPSA) is 44.5 Å². The molecule has 0 fully saturated rings. The first kappa shape index (κ1) is 18.6. The molecule has 0 saturated heterocycles. The van der Waals surface area contributed by atoms with E-state index in [9.17, 15) is 0 Å². The zero-order valence-electron chi connectivity index (χ0n) is 11.7. The van der Waals surface area contributed by atoms with Crippen LogP contribution < -0.4 is 15.2 Å². The number of ether oxygens (including phenoxy) is 2. The third kappa shape index (κ3) is 5.21. The molecule has 2 N–H and O–H groups in total. The summed E-state index contributed by atoms with van der Waals surface area (Å²) in [6.45, 7) is 2.19. The van der Waals surface area contributed by atoms with Gasteiger partial charge in [-0.15, -0.1) is 12.4 Å². The lowest BCUT2D eigenvalue weighted by Crippen LogP contribution is -2.10. The van der Waals surface area contributed by atoms with Gasteiger partial charge in [0.05, 0.1) is 14.2 Å². The fraction of sp³-hybridized carbons (Fsp3) is 0.571. The Kier molecular flexibility index (Phi) is 9.23. The van der Waals surface area contributed by atoms with Crippen molar-refractivity contribution in [2.45, 2.75) is 38.6 Å². The van der Waals surface area contributed by atoms with Crippen LogP contribution in [-0.4, -0.2) is 14.2 Å². The van der Waals surface area contributed by atoms with Crippen molar-refractivity contribution in [2.24, 2.45) is 5.73 Å². The Labute approximate surface area is 130 Å². The Hall–Kier alpha value is -0.450. The van der Waals surface area contributed by atoms with Crippen LogP contribution in [0.15, 0.2) is 16.6 Å². The summed E-state index contributed by atoms with van der Waals surface area (Å²) in [6, 6.07) is 3.99. The van der Waals surface area contributed by atoms with Crippen LogP contribution in [0.25, 0.3) is 0 Å². The highest BCUT2D eigenvalue weighted by Crippen LogP contribution is 2.37. The Morgan fingerprint density at radius 3 is 2.11 bits per heavy atom. The molecule has 0 amide bonds. The van der Waals surface area contributed by atoms with Crippen LogP contribution in [-0.2, 0) is 0 Å². The first-order valence-corrected chi connectivity index (χ1v) is 7.10. The molecule has 1 atom stereocenters. The molecule has 1 aromatic rings. The lowest BCUT2D eigenvalue weighted by atomic mass is 10.0. The molecular formula is C14H23BrClNO2. The van der Waals surface area contributed by atoms with Gasteiger partial charge in [-0.05, 0) is 40.0 Å².